The molecule has 0 spiro atoms. The first-order chi connectivity index (χ1) is 11.6. The Morgan fingerprint density at radius 3 is 2.38 bits per heavy atom. The van der Waals surface area contributed by atoms with Gasteiger partial charge in [-0.3, -0.25) is 9.59 Å². The molecule has 124 valence electrons. The number of aromatic nitrogens is 2. The Labute approximate surface area is 144 Å². The smallest absolute Gasteiger partial charge is 0.270 e. The van der Waals surface area contributed by atoms with Crippen molar-refractivity contribution < 1.29 is 9.59 Å². The van der Waals surface area contributed by atoms with Gasteiger partial charge in [0.25, 0.3) is 11.8 Å². The van der Waals surface area contributed by atoms with Gasteiger partial charge in [-0.1, -0.05) is 17.7 Å². The van der Waals surface area contributed by atoms with E-state index in [2.05, 4.69) is 5.10 Å². The van der Waals surface area contributed by atoms with Crippen molar-refractivity contribution in [1.29, 1.82) is 0 Å². The van der Waals surface area contributed by atoms with Crippen molar-refractivity contribution in [2.24, 2.45) is 0 Å². The number of carbonyl (C=O) groups excluding carboxylic acids is 2. The van der Waals surface area contributed by atoms with Crippen LogP contribution in [0.1, 0.15) is 24.4 Å². The molecule has 0 atom stereocenters. The predicted molar refractivity (Wildman–Crippen MR) is 89.1 cm³/mol. The monoisotopic (exact) mass is 344 g/mol. The highest BCUT2D eigenvalue weighted by Gasteiger charge is 2.47. The van der Waals surface area contributed by atoms with Gasteiger partial charge < -0.3 is 0 Å². The number of aryl methyl sites for hydroxylation is 1. The van der Waals surface area contributed by atoms with Crippen LogP contribution in [0.15, 0.2) is 30.5 Å². The lowest BCUT2D eigenvalue weighted by Crippen LogP contribution is -2.45. The van der Waals surface area contributed by atoms with Gasteiger partial charge >= 0.3 is 0 Å². The minimum absolute atomic E-state index is 0.193. The minimum Gasteiger partial charge on any atom is -0.270 e. The highest BCUT2D eigenvalue weighted by atomic mass is 35.5. The molecule has 2 saturated heterocycles. The van der Waals surface area contributed by atoms with E-state index in [-0.39, 0.29) is 11.8 Å². The molecule has 2 aliphatic heterocycles. The van der Waals surface area contributed by atoms with Gasteiger partial charge in [-0.15, -0.1) is 0 Å². The summed E-state index contributed by atoms with van der Waals surface area (Å²) in [5.41, 5.74) is 2.58. The maximum absolute atomic E-state index is 12.6. The molecule has 4 rings (SSSR count). The van der Waals surface area contributed by atoms with Crippen LogP contribution in [0.25, 0.3) is 11.3 Å². The van der Waals surface area contributed by atoms with Gasteiger partial charge in [-0.25, -0.2) is 14.7 Å². The number of carbonyl (C=O) groups is 2. The van der Waals surface area contributed by atoms with Crippen LogP contribution in [0.5, 0.6) is 0 Å². The summed E-state index contributed by atoms with van der Waals surface area (Å²) in [7, 11) is 0. The fraction of sp³-hybridized carbons (Fsp3) is 0.353. The molecule has 0 unspecified atom stereocenters. The Morgan fingerprint density at radius 1 is 1.08 bits per heavy atom. The molecule has 1 aromatic heterocycles. The molecule has 3 heterocycles. The molecule has 0 saturated carbocycles. The largest absolute Gasteiger partial charge is 0.275 e. The first-order valence-corrected chi connectivity index (χ1v) is 8.38. The predicted octanol–water partition coefficient (Wildman–Crippen LogP) is 2.43. The molecule has 24 heavy (non-hydrogen) atoms. The van der Waals surface area contributed by atoms with E-state index in [1.807, 2.05) is 31.2 Å². The molecule has 2 fully saturated rings. The second kappa shape index (κ2) is 5.63. The average Bonchev–Trinajstić information content (AvgIpc) is 3.15. The highest BCUT2D eigenvalue weighted by Crippen LogP contribution is 2.29. The summed E-state index contributed by atoms with van der Waals surface area (Å²) in [6.07, 6.45) is 3.55. The van der Waals surface area contributed by atoms with Crippen molar-refractivity contribution in [2.75, 3.05) is 13.1 Å². The van der Waals surface area contributed by atoms with Crippen molar-refractivity contribution in [2.45, 2.75) is 25.8 Å². The van der Waals surface area contributed by atoms with Crippen LogP contribution in [0.4, 0.5) is 0 Å². The Bertz CT molecular complexity index is 808. The molecular weight excluding hydrogens is 328 g/mol. The number of hydrazine groups is 1. The summed E-state index contributed by atoms with van der Waals surface area (Å²) in [6, 6.07) is 6.58. The van der Waals surface area contributed by atoms with Gasteiger partial charge in [0.2, 0.25) is 6.04 Å². The van der Waals surface area contributed by atoms with Crippen LogP contribution in [-0.4, -0.2) is 44.7 Å². The molecule has 7 heteroatoms. The molecule has 0 bridgehead atoms. The number of fused-ring (bicyclic) bond motifs is 1. The Hall–Kier alpha value is -2.34. The summed E-state index contributed by atoms with van der Waals surface area (Å²) in [4.78, 5) is 25.2. The van der Waals surface area contributed by atoms with Gasteiger partial charge in [0.15, 0.2) is 0 Å². The third-order valence-corrected chi connectivity index (χ3v) is 5.01. The van der Waals surface area contributed by atoms with E-state index >= 15 is 0 Å². The van der Waals surface area contributed by atoms with Crippen LogP contribution in [0.3, 0.4) is 0 Å². The number of hydrogen-bond acceptors (Lipinski definition) is 3. The topological polar surface area (TPSA) is 58.4 Å². The van der Waals surface area contributed by atoms with Crippen molar-refractivity contribution in [3.05, 3.63) is 41.0 Å². The van der Waals surface area contributed by atoms with Crippen LogP contribution < -0.4 is 0 Å². The molecule has 0 N–H and O–H groups in total. The number of amides is 2. The zero-order chi connectivity index (χ0) is 16.8. The van der Waals surface area contributed by atoms with Crippen LogP contribution in [0, 0.1) is 6.92 Å². The Kier molecular flexibility index (Phi) is 3.57. The number of hydrogen-bond donors (Lipinski definition) is 0. The maximum atomic E-state index is 12.6. The zero-order valence-electron chi connectivity index (χ0n) is 13.3. The summed E-state index contributed by atoms with van der Waals surface area (Å²) < 4.78 is 1.47. The second-order valence-electron chi connectivity index (χ2n) is 6.18. The summed E-state index contributed by atoms with van der Waals surface area (Å²) in [6.45, 7) is 3.13. The van der Waals surface area contributed by atoms with Crippen molar-refractivity contribution >= 4 is 23.4 Å². The first kappa shape index (κ1) is 15.2. The van der Waals surface area contributed by atoms with Gasteiger partial charge in [0.05, 0.1) is 5.69 Å². The average molecular weight is 345 g/mol. The lowest BCUT2D eigenvalue weighted by Gasteiger charge is -2.31. The van der Waals surface area contributed by atoms with Crippen molar-refractivity contribution in [3.8, 4) is 11.3 Å². The lowest BCUT2D eigenvalue weighted by atomic mass is 10.1. The van der Waals surface area contributed by atoms with E-state index < -0.39 is 6.04 Å². The highest BCUT2D eigenvalue weighted by molar-refractivity contribution is 6.31. The number of halogens is 1. The summed E-state index contributed by atoms with van der Waals surface area (Å²) in [5, 5.41) is 8.29. The lowest BCUT2D eigenvalue weighted by molar-refractivity contribution is -0.150. The quantitative estimate of drug-likeness (QED) is 0.786. The van der Waals surface area contributed by atoms with Gasteiger partial charge in [0, 0.05) is 29.9 Å². The molecule has 0 aliphatic carbocycles. The number of benzene rings is 1. The van der Waals surface area contributed by atoms with Gasteiger partial charge in [0.1, 0.15) is 0 Å². The SMILES string of the molecule is Cc1cc(-c2ccn(C3C(=O)N4CCCCN4C3=O)n2)ccc1Cl. The van der Waals surface area contributed by atoms with E-state index in [4.69, 9.17) is 11.6 Å². The van der Waals surface area contributed by atoms with E-state index in [9.17, 15) is 9.59 Å². The molecule has 2 aromatic rings. The molecule has 2 amide bonds. The fourth-order valence-corrected chi connectivity index (χ4v) is 3.39. The van der Waals surface area contributed by atoms with Crippen LogP contribution in [0.2, 0.25) is 5.02 Å². The number of rotatable bonds is 2. The van der Waals surface area contributed by atoms with Crippen molar-refractivity contribution in [1.82, 2.24) is 19.8 Å². The van der Waals surface area contributed by atoms with E-state index in [0.717, 1.165) is 29.7 Å². The fourth-order valence-electron chi connectivity index (χ4n) is 3.28. The first-order valence-electron chi connectivity index (χ1n) is 8.00. The minimum atomic E-state index is -0.884. The van der Waals surface area contributed by atoms with E-state index in [1.54, 1.807) is 16.2 Å². The number of nitrogens with zero attached hydrogens (tertiary/aromatic N) is 4. The van der Waals surface area contributed by atoms with Crippen LogP contribution in [-0.2, 0) is 9.59 Å². The standard InChI is InChI=1S/C17H17ClN4O2/c1-11-10-12(4-5-13(11)18)14-6-9-20(19-14)15-16(23)21-7-2-3-8-22(21)17(15)24/h4-6,9-10,15H,2-3,7-8H2,1H3. The van der Waals surface area contributed by atoms with Gasteiger partial charge in [-0.2, -0.15) is 5.10 Å². The molecule has 2 aliphatic rings. The van der Waals surface area contributed by atoms with Crippen LogP contribution >= 0.6 is 11.6 Å². The summed E-state index contributed by atoms with van der Waals surface area (Å²) >= 11 is 6.06. The molecule has 0 radical (unpaired) electrons. The zero-order valence-corrected chi connectivity index (χ0v) is 14.0. The van der Waals surface area contributed by atoms with Gasteiger partial charge in [-0.05, 0) is 43.5 Å². The second-order valence-corrected chi connectivity index (χ2v) is 6.58. The van der Waals surface area contributed by atoms with E-state index in [1.165, 1.54) is 4.68 Å². The summed E-state index contributed by atoms with van der Waals surface area (Å²) in [5.74, 6) is -0.386. The normalized spacial score (nSPS) is 18.4. The molecule has 1 aromatic carbocycles. The Balaban J connectivity index is 1.66. The molecule has 6 nitrogen and oxygen atoms in total. The van der Waals surface area contributed by atoms with Crippen molar-refractivity contribution in [3.63, 3.8) is 0 Å². The maximum Gasteiger partial charge on any atom is 0.275 e. The third-order valence-electron chi connectivity index (χ3n) is 4.58. The molecular formula is C17H17ClN4O2. The third kappa shape index (κ3) is 2.29. The Morgan fingerprint density at radius 2 is 1.75 bits per heavy atom. The van der Waals surface area contributed by atoms with E-state index in [0.29, 0.717) is 18.1 Å².